The maximum atomic E-state index is 2.68. The highest BCUT2D eigenvalue weighted by atomic mass is 15.2. The highest BCUT2D eigenvalue weighted by molar-refractivity contribution is 5.20. The summed E-state index contributed by atoms with van der Waals surface area (Å²) in [4.78, 5) is 2.68. The molecule has 1 nitrogen and oxygen atoms in total. The molecule has 1 aliphatic heterocycles. The lowest BCUT2D eigenvalue weighted by atomic mass is 9.80. The van der Waals surface area contributed by atoms with Crippen LogP contribution in [0.5, 0.6) is 0 Å². The fourth-order valence-corrected chi connectivity index (χ4v) is 3.21. The van der Waals surface area contributed by atoms with E-state index >= 15 is 0 Å². The van der Waals surface area contributed by atoms with Gasteiger partial charge >= 0.3 is 0 Å². The average Bonchev–Trinajstić information content (AvgIpc) is 2.29. The molecule has 1 heteroatoms. The molecule has 1 heterocycles. The van der Waals surface area contributed by atoms with Gasteiger partial charge in [-0.2, -0.15) is 0 Å². The Labute approximate surface area is 98.5 Å². The smallest absolute Gasteiger partial charge is 0.00957 e. The number of nitrogens with zero attached hydrogens (tertiary/aromatic N) is 1. The van der Waals surface area contributed by atoms with E-state index in [1.54, 1.807) is 5.56 Å². The van der Waals surface area contributed by atoms with Crippen LogP contribution in [0.4, 0.5) is 0 Å². The second-order valence-corrected chi connectivity index (χ2v) is 5.31. The van der Waals surface area contributed by atoms with Gasteiger partial charge in [0.25, 0.3) is 0 Å². The molecule has 1 saturated heterocycles. The van der Waals surface area contributed by atoms with Crippen molar-refractivity contribution in [2.45, 2.75) is 44.1 Å². The van der Waals surface area contributed by atoms with Crippen LogP contribution in [0.3, 0.4) is 0 Å². The summed E-state index contributed by atoms with van der Waals surface area (Å²) in [6, 6.07) is 12.0. The SMILES string of the molecule is c1ccc(C2CCC(N3CCC3)CC2)cc1. The third-order valence-corrected chi connectivity index (χ3v) is 4.37. The van der Waals surface area contributed by atoms with Crippen molar-refractivity contribution >= 4 is 0 Å². The summed E-state index contributed by atoms with van der Waals surface area (Å²) in [5, 5.41) is 0. The molecule has 0 amide bonds. The third kappa shape index (κ3) is 2.01. The maximum Gasteiger partial charge on any atom is 0.00957 e. The van der Waals surface area contributed by atoms with E-state index in [-0.39, 0.29) is 0 Å². The third-order valence-electron chi connectivity index (χ3n) is 4.37. The van der Waals surface area contributed by atoms with E-state index in [1.165, 1.54) is 45.2 Å². The van der Waals surface area contributed by atoms with Crippen molar-refractivity contribution in [2.24, 2.45) is 0 Å². The van der Waals surface area contributed by atoms with E-state index in [2.05, 4.69) is 35.2 Å². The van der Waals surface area contributed by atoms with Gasteiger partial charge < -0.3 is 4.90 Å². The predicted molar refractivity (Wildman–Crippen MR) is 67.6 cm³/mol. The summed E-state index contributed by atoms with van der Waals surface area (Å²) >= 11 is 0. The van der Waals surface area contributed by atoms with Gasteiger partial charge in [0, 0.05) is 6.04 Å². The first kappa shape index (κ1) is 10.3. The zero-order chi connectivity index (χ0) is 10.8. The van der Waals surface area contributed by atoms with E-state index in [1.807, 2.05) is 0 Å². The normalized spacial score (nSPS) is 31.0. The van der Waals surface area contributed by atoms with Crippen molar-refractivity contribution in [3.8, 4) is 0 Å². The average molecular weight is 215 g/mol. The second-order valence-electron chi connectivity index (χ2n) is 5.31. The van der Waals surface area contributed by atoms with Crippen LogP contribution in [-0.2, 0) is 0 Å². The molecule has 0 unspecified atom stereocenters. The predicted octanol–water partition coefficient (Wildman–Crippen LogP) is 3.42. The van der Waals surface area contributed by atoms with Crippen molar-refractivity contribution in [3.05, 3.63) is 35.9 Å². The largest absolute Gasteiger partial charge is 0.300 e. The summed E-state index contributed by atoms with van der Waals surface area (Å²) in [6.45, 7) is 2.72. The molecule has 0 spiro atoms. The lowest BCUT2D eigenvalue weighted by Gasteiger charge is -2.42. The first-order valence-electron chi connectivity index (χ1n) is 6.72. The van der Waals surface area contributed by atoms with Crippen molar-refractivity contribution in [1.82, 2.24) is 4.90 Å². The van der Waals surface area contributed by atoms with Gasteiger partial charge in [-0.05, 0) is 56.7 Å². The number of hydrogen-bond acceptors (Lipinski definition) is 1. The number of likely N-dealkylation sites (tertiary alicyclic amines) is 1. The lowest BCUT2D eigenvalue weighted by Crippen LogP contribution is -2.46. The molecular formula is C15H21N. The Hall–Kier alpha value is -0.820. The molecule has 86 valence electrons. The molecule has 2 aliphatic rings. The Morgan fingerprint density at radius 2 is 1.56 bits per heavy atom. The fourth-order valence-electron chi connectivity index (χ4n) is 3.21. The molecule has 3 rings (SSSR count). The molecule has 0 aromatic heterocycles. The van der Waals surface area contributed by atoms with Gasteiger partial charge in [0.1, 0.15) is 0 Å². The minimum Gasteiger partial charge on any atom is -0.300 e. The van der Waals surface area contributed by atoms with Gasteiger partial charge in [-0.25, -0.2) is 0 Å². The van der Waals surface area contributed by atoms with Crippen LogP contribution >= 0.6 is 0 Å². The Kier molecular flexibility index (Phi) is 2.96. The van der Waals surface area contributed by atoms with Crippen LogP contribution in [0.15, 0.2) is 30.3 Å². The van der Waals surface area contributed by atoms with Gasteiger partial charge in [0.2, 0.25) is 0 Å². The number of hydrogen-bond donors (Lipinski definition) is 0. The zero-order valence-electron chi connectivity index (χ0n) is 9.94. The van der Waals surface area contributed by atoms with E-state index < -0.39 is 0 Å². The van der Waals surface area contributed by atoms with Crippen LogP contribution in [0.1, 0.15) is 43.6 Å². The molecule has 2 fully saturated rings. The van der Waals surface area contributed by atoms with Crippen LogP contribution < -0.4 is 0 Å². The molecule has 1 saturated carbocycles. The van der Waals surface area contributed by atoms with Gasteiger partial charge in [-0.15, -0.1) is 0 Å². The van der Waals surface area contributed by atoms with Gasteiger partial charge in [-0.3, -0.25) is 0 Å². The van der Waals surface area contributed by atoms with Crippen molar-refractivity contribution in [1.29, 1.82) is 0 Å². The minimum absolute atomic E-state index is 0.832. The van der Waals surface area contributed by atoms with Crippen molar-refractivity contribution < 1.29 is 0 Å². The molecule has 0 atom stereocenters. The summed E-state index contributed by atoms with van der Waals surface area (Å²) in [5.41, 5.74) is 1.56. The maximum absolute atomic E-state index is 2.68. The summed E-state index contributed by atoms with van der Waals surface area (Å²) in [6.07, 6.45) is 7.05. The van der Waals surface area contributed by atoms with Gasteiger partial charge in [0.05, 0.1) is 0 Å². The van der Waals surface area contributed by atoms with Gasteiger partial charge in [-0.1, -0.05) is 30.3 Å². The van der Waals surface area contributed by atoms with Crippen LogP contribution in [0.2, 0.25) is 0 Å². The zero-order valence-corrected chi connectivity index (χ0v) is 9.94. The second kappa shape index (κ2) is 4.58. The Morgan fingerprint density at radius 1 is 0.875 bits per heavy atom. The van der Waals surface area contributed by atoms with Crippen LogP contribution in [0.25, 0.3) is 0 Å². The van der Waals surface area contributed by atoms with Crippen molar-refractivity contribution in [2.75, 3.05) is 13.1 Å². The van der Waals surface area contributed by atoms with E-state index in [0.29, 0.717) is 0 Å². The van der Waals surface area contributed by atoms with Gasteiger partial charge in [0.15, 0.2) is 0 Å². The highest BCUT2D eigenvalue weighted by Crippen LogP contribution is 2.35. The Balaban J connectivity index is 1.58. The molecule has 0 bridgehead atoms. The molecule has 0 N–H and O–H groups in total. The molecule has 1 aliphatic carbocycles. The number of benzene rings is 1. The number of rotatable bonds is 2. The molecule has 1 aromatic rings. The quantitative estimate of drug-likeness (QED) is 0.730. The summed E-state index contributed by atoms with van der Waals surface area (Å²) < 4.78 is 0. The first-order valence-corrected chi connectivity index (χ1v) is 6.72. The molecular weight excluding hydrogens is 194 g/mol. The fraction of sp³-hybridized carbons (Fsp3) is 0.600. The topological polar surface area (TPSA) is 3.24 Å². The summed E-state index contributed by atoms with van der Waals surface area (Å²) in [7, 11) is 0. The van der Waals surface area contributed by atoms with Crippen LogP contribution in [0, 0.1) is 0 Å². The monoisotopic (exact) mass is 215 g/mol. The van der Waals surface area contributed by atoms with Crippen molar-refractivity contribution in [3.63, 3.8) is 0 Å². The minimum atomic E-state index is 0.832. The van der Waals surface area contributed by atoms with E-state index in [9.17, 15) is 0 Å². The first-order chi connectivity index (χ1) is 7.93. The highest BCUT2D eigenvalue weighted by Gasteiger charge is 2.28. The molecule has 16 heavy (non-hydrogen) atoms. The molecule has 0 radical (unpaired) electrons. The van der Waals surface area contributed by atoms with E-state index in [4.69, 9.17) is 0 Å². The lowest BCUT2D eigenvalue weighted by molar-refractivity contribution is 0.0869. The molecule has 1 aromatic carbocycles. The standard InChI is InChI=1S/C15H21N/c1-2-5-13(6-3-1)14-7-9-15(10-8-14)16-11-4-12-16/h1-3,5-6,14-15H,4,7-12H2. The Morgan fingerprint density at radius 3 is 2.12 bits per heavy atom. The van der Waals surface area contributed by atoms with Crippen LogP contribution in [-0.4, -0.2) is 24.0 Å². The Bertz CT molecular complexity index is 321. The van der Waals surface area contributed by atoms with E-state index in [0.717, 1.165) is 12.0 Å². The summed E-state index contributed by atoms with van der Waals surface area (Å²) in [5.74, 6) is 0.832.